The van der Waals surface area contributed by atoms with Crippen molar-refractivity contribution in [3.05, 3.63) is 35.9 Å². The number of aliphatic hydroxyl groups excluding tert-OH is 1. The van der Waals surface area contributed by atoms with E-state index in [0.717, 1.165) is 32.1 Å². The lowest BCUT2D eigenvalue weighted by molar-refractivity contribution is -0.149. The van der Waals surface area contributed by atoms with Crippen molar-refractivity contribution in [1.29, 1.82) is 0 Å². The van der Waals surface area contributed by atoms with E-state index in [1.165, 1.54) is 10.5 Å². The molecule has 5 heteroatoms. The standard InChI is InChI=1S/C18H23NO4/c20-15-12-17(21)19(18(15)22)14-8-4-5-9-16(14)23-11-10-13-6-2-1-3-7-13/h1-3,6-7,14-16,20H,4-5,8-12H2/t14-,15+,16-/m0/s1. The summed E-state index contributed by atoms with van der Waals surface area (Å²) in [7, 11) is 0. The van der Waals surface area contributed by atoms with Crippen LogP contribution in [0.1, 0.15) is 37.7 Å². The molecule has 1 aromatic rings. The van der Waals surface area contributed by atoms with Gasteiger partial charge in [0.25, 0.3) is 5.91 Å². The fraction of sp³-hybridized carbons (Fsp3) is 0.556. The van der Waals surface area contributed by atoms with Crippen molar-refractivity contribution < 1.29 is 19.4 Å². The summed E-state index contributed by atoms with van der Waals surface area (Å²) >= 11 is 0. The Morgan fingerprint density at radius 2 is 1.87 bits per heavy atom. The number of hydrogen-bond donors (Lipinski definition) is 1. The molecule has 124 valence electrons. The minimum atomic E-state index is -1.17. The molecule has 1 saturated carbocycles. The molecule has 0 radical (unpaired) electrons. The highest BCUT2D eigenvalue weighted by Crippen LogP contribution is 2.29. The number of carbonyl (C=O) groups excluding carboxylic acids is 2. The molecule has 3 rings (SSSR count). The number of imide groups is 1. The third-order valence-corrected chi connectivity index (χ3v) is 4.72. The van der Waals surface area contributed by atoms with Crippen LogP contribution < -0.4 is 0 Å². The van der Waals surface area contributed by atoms with Crippen molar-refractivity contribution in [2.75, 3.05) is 6.61 Å². The topological polar surface area (TPSA) is 66.8 Å². The molecular weight excluding hydrogens is 294 g/mol. The number of aliphatic hydroxyl groups is 1. The van der Waals surface area contributed by atoms with Crippen molar-refractivity contribution >= 4 is 11.8 Å². The zero-order valence-electron chi connectivity index (χ0n) is 13.2. The third kappa shape index (κ3) is 3.62. The van der Waals surface area contributed by atoms with Crippen LogP contribution in [0, 0.1) is 0 Å². The largest absolute Gasteiger partial charge is 0.383 e. The van der Waals surface area contributed by atoms with Crippen LogP contribution in [0.2, 0.25) is 0 Å². The minimum absolute atomic E-state index is 0.0912. The van der Waals surface area contributed by atoms with Gasteiger partial charge in [-0.2, -0.15) is 0 Å². The van der Waals surface area contributed by atoms with Gasteiger partial charge in [0, 0.05) is 0 Å². The van der Waals surface area contributed by atoms with Gasteiger partial charge in [0.1, 0.15) is 6.10 Å². The summed E-state index contributed by atoms with van der Waals surface area (Å²) in [5, 5.41) is 9.63. The van der Waals surface area contributed by atoms with E-state index in [1.807, 2.05) is 18.2 Å². The van der Waals surface area contributed by atoms with Crippen LogP contribution in [0.5, 0.6) is 0 Å². The van der Waals surface area contributed by atoms with Gasteiger partial charge in [0.2, 0.25) is 5.91 Å². The number of ether oxygens (including phenoxy) is 1. The molecule has 3 atom stereocenters. The predicted octanol–water partition coefficient (Wildman–Crippen LogP) is 1.68. The quantitative estimate of drug-likeness (QED) is 0.839. The number of nitrogens with zero attached hydrogens (tertiary/aromatic N) is 1. The summed E-state index contributed by atoms with van der Waals surface area (Å²) in [6.45, 7) is 0.573. The van der Waals surface area contributed by atoms with Gasteiger partial charge in [-0.15, -0.1) is 0 Å². The smallest absolute Gasteiger partial charge is 0.258 e. The van der Waals surface area contributed by atoms with Crippen LogP contribution in [0.4, 0.5) is 0 Å². The van der Waals surface area contributed by atoms with E-state index < -0.39 is 12.0 Å². The monoisotopic (exact) mass is 317 g/mol. The van der Waals surface area contributed by atoms with Crippen LogP contribution in [0.25, 0.3) is 0 Å². The van der Waals surface area contributed by atoms with E-state index in [0.29, 0.717) is 6.61 Å². The minimum Gasteiger partial charge on any atom is -0.383 e. The van der Waals surface area contributed by atoms with Gasteiger partial charge < -0.3 is 9.84 Å². The molecule has 0 aromatic heterocycles. The number of amides is 2. The maximum atomic E-state index is 12.1. The zero-order valence-corrected chi connectivity index (χ0v) is 13.2. The Morgan fingerprint density at radius 3 is 2.57 bits per heavy atom. The number of rotatable bonds is 5. The Balaban J connectivity index is 1.60. The lowest BCUT2D eigenvalue weighted by Gasteiger charge is -2.36. The van der Waals surface area contributed by atoms with E-state index in [2.05, 4.69) is 12.1 Å². The van der Waals surface area contributed by atoms with Gasteiger partial charge in [0.15, 0.2) is 0 Å². The van der Waals surface area contributed by atoms with Crippen molar-refractivity contribution in [2.45, 2.75) is 56.8 Å². The van der Waals surface area contributed by atoms with Crippen molar-refractivity contribution in [2.24, 2.45) is 0 Å². The number of likely N-dealkylation sites (tertiary alicyclic amines) is 1. The second kappa shape index (κ2) is 7.23. The molecule has 5 nitrogen and oxygen atoms in total. The fourth-order valence-electron chi connectivity index (χ4n) is 3.52. The fourth-order valence-corrected chi connectivity index (χ4v) is 3.52. The van der Waals surface area contributed by atoms with E-state index in [4.69, 9.17) is 4.74 Å². The summed E-state index contributed by atoms with van der Waals surface area (Å²) in [5.41, 5.74) is 1.21. The van der Waals surface area contributed by atoms with Crippen LogP contribution in [0.3, 0.4) is 0 Å². The highest BCUT2D eigenvalue weighted by atomic mass is 16.5. The molecule has 0 bridgehead atoms. The number of hydrogen-bond acceptors (Lipinski definition) is 4. The highest BCUT2D eigenvalue weighted by Gasteiger charge is 2.44. The molecule has 2 aliphatic rings. The molecular formula is C18H23NO4. The van der Waals surface area contributed by atoms with Crippen molar-refractivity contribution in [3.8, 4) is 0 Å². The Hall–Kier alpha value is -1.72. The molecule has 1 aromatic carbocycles. The molecule has 0 spiro atoms. The molecule has 1 saturated heterocycles. The van der Waals surface area contributed by atoms with Crippen molar-refractivity contribution in [1.82, 2.24) is 4.90 Å². The Bertz CT molecular complexity index is 559. The van der Waals surface area contributed by atoms with Gasteiger partial charge in [0.05, 0.1) is 25.2 Å². The Kier molecular flexibility index (Phi) is 5.08. The zero-order chi connectivity index (χ0) is 16.2. The van der Waals surface area contributed by atoms with Crippen LogP contribution in [0.15, 0.2) is 30.3 Å². The lowest BCUT2D eigenvalue weighted by atomic mass is 9.91. The first-order chi connectivity index (χ1) is 11.2. The normalized spacial score (nSPS) is 28.4. The van der Waals surface area contributed by atoms with Crippen LogP contribution in [-0.2, 0) is 20.7 Å². The van der Waals surface area contributed by atoms with Crippen molar-refractivity contribution in [3.63, 3.8) is 0 Å². The lowest BCUT2D eigenvalue weighted by Crippen LogP contribution is -2.50. The Morgan fingerprint density at radius 1 is 1.13 bits per heavy atom. The first-order valence-corrected chi connectivity index (χ1v) is 8.36. The first kappa shape index (κ1) is 16.1. The maximum Gasteiger partial charge on any atom is 0.258 e. The second-order valence-electron chi connectivity index (χ2n) is 6.32. The average molecular weight is 317 g/mol. The predicted molar refractivity (Wildman–Crippen MR) is 84.6 cm³/mol. The molecule has 1 heterocycles. The summed E-state index contributed by atoms with van der Waals surface area (Å²) < 4.78 is 6.02. The molecule has 1 N–H and O–H groups in total. The molecule has 23 heavy (non-hydrogen) atoms. The maximum absolute atomic E-state index is 12.1. The van der Waals surface area contributed by atoms with E-state index in [9.17, 15) is 14.7 Å². The molecule has 2 fully saturated rings. The number of benzene rings is 1. The highest BCUT2D eigenvalue weighted by molar-refractivity contribution is 6.05. The average Bonchev–Trinajstić information content (AvgIpc) is 2.82. The van der Waals surface area contributed by atoms with Gasteiger partial charge in [-0.3, -0.25) is 14.5 Å². The first-order valence-electron chi connectivity index (χ1n) is 8.36. The van der Waals surface area contributed by atoms with E-state index in [1.54, 1.807) is 0 Å². The van der Waals surface area contributed by atoms with E-state index in [-0.39, 0.29) is 24.5 Å². The third-order valence-electron chi connectivity index (χ3n) is 4.72. The molecule has 0 unspecified atom stereocenters. The Labute approximate surface area is 136 Å². The second-order valence-corrected chi connectivity index (χ2v) is 6.32. The molecule has 2 amide bonds. The SMILES string of the molecule is O=C1C[C@@H](O)C(=O)N1[C@H]1CCCC[C@@H]1OCCc1ccccc1. The molecule has 1 aliphatic heterocycles. The van der Waals surface area contributed by atoms with Crippen LogP contribution in [-0.4, -0.2) is 46.7 Å². The summed E-state index contributed by atoms with van der Waals surface area (Å²) in [4.78, 5) is 25.3. The summed E-state index contributed by atoms with van der Waals surface area (Å²) in [6.07, 6.45) is 3.08. The van der Waals surface area contributed by atoms with Gasteiger partial charge in [-0.25, -0.2) is 0 Å². The summed E-state index contributed by atoms with van der Waals surface area (Å²) in [6, 6.07) is 9.88. The van der Waals surface area contributed by atoms with Gasteiger partial charge >= 0.3 is 0 Å². The molecule has 1 aliphatic carbocycles. The summed E-state index contributed by atoms with van der Waals surface area (Å²) in [5.74, 6) is -0.732. The van der Waals surface area contributed by atoms with E-state index >= 15 is 0 Å². The van der Waals surface area contributed by atoms with Gasteiger partial charge in [-0.1, -0.05) is 43.2 Å². The number of carbonyl (C=O) groups is 2. The van der Waals surface area contributed by atoms with Crippen LogP contribution >= 0.6 is 0 Å². The van der Waals surface area contributed by atoms with Gasteiger partial charge in [-0.05, 0) is 24.8 Å².